The molecule has 102 valence electrons. The minimum Gasteiger partial charge on any atom is -0.495 e. The van der Waals surface area contributed by atoms with Crippen molar-refractivity contribution in [3.05, 3.63) is 42.3 Å². The zero-order valence-electron chi connectivity index (χ0n) is 10.6. The highest BCUT2D eigenvalue weighted by Gasteiger charge is 2.13. The van der Waals surface area contributed by atoms with Crippen LogP contribution in [0.4, 0.5) is 10.1 Å². The predicted molar refractivity (Wildman–Crippen MR) is 74.5 cm³/mol. The molecule has 0 radical (unpaired) electrons. The van der Waals surface area contributed by atoms with Crippen LogP contribution >= 0.6 is 11.8 Å². The molecule has 0 aliphatic carbocycles. The molecular formula is C13H11FN4OS. The van der Waals surface area contributed by atoms with Crippen LogP contribution in [-0.2, 0) is 0 Å². The molecule has 0 fully saturated rings. The molecule has 0 aliphatic rings. The predicted octanol–water partition coefficient (Wildman–Crippen LogP) is 2.61. The number of ether oxygens (including phenoxy) is 1. The average Bonchev–Trinajstić information content (AvgIpc) is 2.85. The van der Waals surface area contributed by atoms with Gasteiger partial charge in [-0.2, -0.15) is 0 Å². The molecule has 2 heterocycles. The molecule has 5 nitrogen and oxygen atoms in total. The van der Waals surface area contributed by atoms with E-state index in [1.165, 1.54) is 24.9 Å². The fourth-order valence-corrected chi connectivity index (χ4v) is 2.65. The third-order valence-electron chi connectivity index (χ3n) is 2.77. The van der Waals surface area contributed by atoms with Crippen molar-refractivity contribution in [2.24, 2.45) is 0 Å². The van der Waals surface area contributed by atoms with Gasteiger partial charge in [-0.1, -0.05) is 6.07 Å². The van der Waals surface area contributed by atoms with Crippen LogP contribution in [0.3, 0.4) is 0 Å². The van der Waals surface area contributed by atoms with Crippen LogP contribution in [0.25, 0.3) is 5.65 Å². The van der Waals surface area contributed by atoms with Crippen LogP contribution in [0.1, 0.15) is 0 Å². The summed E-state index contributed by atoms with van der Waals surface area (Å²) in [6.45, 7) is 0. The van der Waals surface area contributed by atoms with E-state index in [0.717, 1.165) is 0 Å². The minimum absolute atomic E-state index is 0.264. The first-order chi connectivity index (χ1) is 9.69. The molecule has 0 bridgehead atoms. The van der Waals surface area contributed by atoms with E-state index in [9.17, 15) is 4.39 Å². The van der Waals surface area contributed by atoms with Crippen molar-refractivity contribution in [1.82, 2.24) is 14.6 Å². The zero-order chi connectivity index (χ0) is 14.1. The Kier molecular flexibility index (Phi) is 3.19. The van der Waals surface area contributed by atoms with E-state index < -0.39 is 5.82 Å². The van der Waals surface area contributed by atoms with Crippen LogP contribution < -0.4 is 10.5 Å². The van der Waals surface area contributed by atoms with Gasteiger partial charge in [0.05, 0.1) is 17.7 Å². The molecular weight excluding hydrogens is 279 g/mol. The van der Waals surface area contributed by atoms with Gasteiger partial charge in [0, 0.05) is 12.3 Å². The summed E-state index contributed by atoms with van der Waals surface area (Å²) in [5.74, 6) is 0.0173. The van der Waals surface area contributed by atoms with E-state index in [4.69, 9.17) is 10.5 Å². The number of nitrogens with two attached hydrogens (primary N) is 1. The Morgan fingerprint density at radius 2 is 2.15 bits per heavy atom. The number of anilines is 1. The molecule has 3 aromatic rings. The number of methoxy groups -OCH3 is 1. The second-order valence-corrected chi connectivity index (χ2v) is 5.05. The Balaban J connectivity index is 2.03. The Bertz CT molecular complexity index is 774. The van der Waals surface area contributed by atoms with Crippen LogP contribution in [0.15, 0.2) is 46.6 Å². The summed E-state index contributed by atoms with van der Waals surface area (Å²) >= 11 is 1.17. The Labute approximate surface area is 118 Å². The lowest BCUT2D eigenvalue weighted by Crippen LogP contribution is -1.95. The fraction of sp³-hybridized carbons (Fsp3) is 0.0769. The van der Waals surface area contributed by atoms with Gasteiger partial charge in [-0.05, 0) is 30.0 Å². The molecule has 1 aromatic carbocycles. The first kappa shape index (κ1) is 12.7. The maximum Gasteiger partial charge on any atom is 0.200 e. The third kappa shape index (κ3) is 2.16. The van der Waals surface area contributed by atoms with Crippen molar-refractivity contribution >= 4 is 23.1 Å². The Morgan fingerprint density at radius 1 is 1.30 bits per heavy atom. The van der Waals surface area contributed by atoms with E-state index in [-0.39, 0.29) is 5.69 Å². The first-order valence-electron chi connectivity index (χ1n) is 5.79. The summed E-state index contributed by atoms with van der Waals surface area (Å²) in [7, 11) is 1.49. The van der Waals surface area contributed by atoms with Crippen LogP contribution in [-0.4, -0.2) is 21.7 Å². The smallest absolute Gasteiger partial charge is 0.200 e. The number of aromatic nitrogens is 3. The van der Waals surface area contributed by atoms with Gasteiger partial charge in [-0.3, -0.25) is 4.40 Å². The largest absolute Gasteiger partial charge is 0.495 e. The van der Waals surface area contributed by atoms with Gasteiger partial charge in [0.25, 0.3) is 0 Å². The first-order valence-corrected chi connectivity index (χ1v) is 6.61. The standard InChI is InChI=1S/C13H11FN4OS/c1-19-10-7-11(8(14)6-9(10)15)20-13-17-16-12-4-2-3-5-18(12)13/h2-7H,15H2,1H3. The molecule has 0 saturated carbocycles. The molecule has 0 unspecified atom stereocenters. The number of nitrogen functional groups attached to an aromatic ring is 1. The van der Waals surface area contributed by atoms with E-state index in [1.54, 1.807) is 10.5 Å². The SMILES string of the molecule is COc1cc(Sc2nnc3ccccn23)c(F)cc1N. The van der Waals surface area contributed by atoms with Gasteiger partial charge in [0.2, 0.25) is 5.16 Å². The Morgan fingerprint density at radius 3 is 2.95 bits per heavy atom. The highest BCUT2D eigenvalue weighted by molar-refractivity contribution is 7.99. The van der Waals surface area contributed by atoms with Crippen LogP contribution in [0, 0.1) is 5.82 Å². The molecule has 3 rings (SSSR count). The number of nitrogens with zero attached hydrogens (tertiary/aromatic N) is 3. The van der Waals surface area contributed by atoms with E-state index in [2.05, 4.69) is 10.2 Å². The lowest BCUT2D eigenvalue weighted by Gasteiger charge is -2.08. The number of hydrogen-bond acceptors (Lipinski definition) is 5. The molecule has 0 saturated heterocycles. The lowest BCUT2D eigenvalue weighted by atomic mass is 10.3. The maximum absolute atomic E-state index is 13.9. The quantitative estimate of drug-likeness (QED) is 0.751. The summed E-state index contributed by atoms with van der Waals surface area (Å²) in [4.78, 5) is 0.384. The van der Waals surface area contributed by atoms with Crippen molar-refractivity contribution in [2.45, 2.75) is 10.1 Å². The second kappa shape index (κ2) is 5.01. The van der Waals surface area contributed by atoms with Crippen molar-refractivity contribution in [3.63, 3.8) is 0 Å². The molecule has 20 heavy (non-hydrogen) atoms. The fourth-order valence-electron chi connectivity index (χ4n) is 1.79. The zero-order valence-corrected chi connectivity index (χ0v) is 11.4. The van der Waals surface area contributed by atoms with Crippen molar-refractivity contribution in [1.29, 1.82) is 0 Å². The highest BCUT2D eigenvalue weighted by Crippen LogP contribution is 2.34. The van der Waals surface area contributed by atoms with Crippen LogP contribution in [0.2, 0.25) is 0 Å². The highest BCUT2D eigenvalue weighted by atomic mass is 32.2. The molecule has 0 aliphatic heterocycles. The Hall–Kier alpha value is -2.28. The number of fused-ring (bicyclic) bond motifs is 1. The molecule has 7 heteroatoms. The summed E-state index contributed by atoms with van der Waals surface area (Å²) in [5.41, 5.74) is 6.63. The number of hydrogen-bond donors (Lipinski definition) is 1. The van der Waals surface area contributed by atoms with Gasteiger partial charge in [-0.25, -0.2) is 4.39 Å². The molecule has 2 N–H and O–H groups in total. The molecule has 0 atom stereocenters. The number of rotatable bonds is 3. The lowest BCUT2D eigenvalue weighted by molar-refractivity contribution is 0.414. The summed E-state index contributed by atoms with van der Waals surface area (Å²) in [6.07, 6.45) is 1.82. The number of pyridine rings is 1. The third-order valence-corrected chi connectivity index (χ3v) is 3.76. The van der Waals surface area contributed by atoms with E-state index >= 15 is 0 Å². The van der Waals surface area contributed by atoms with E-state index in [1.807, 2.05) is 24.4 Å². The topological polar surface area (TPSA) is 65.4 Å². The minimum atomic E-state index is -0.416. The normalized spacial score (nSPS) is 10.9. The summed E-state index contributed by atoms with van der Waals surface area (Å²) < 4.78 is 20.8. The van der Waals surface area contributed by atoms with Gasteiger partial charge < -0.3 is 10.5 Å². The van der Waals surface area contributed by atoms with E-state index in [0.29, 0.717) is 21.4 Å². The number of benzene rings is 1. The van der Waals surface area contributed by atoms with Crippen molar-refractivity contribution in [2.75, 3.05) is 12.8 Å². The molecule has 0 amide bonds. The summed E-state index contributed by atoms with van der Waals surface area (Å²) in [5, 5.41) is 8.64. The van der Waals surface area contributed by atoms with Gasteiger partial charge >= 0.3 is 0 Å². The second-order valence-electron chi connectivity index (χ2n) is 4.04. The molecule has 2 aromatic heterocycles. The van der Waals surface area contributed by atoms with Crippen LogP contribution in [0.5, 0.6) is 5.75 Å². The molecule has 0 spiro atoms. The average molecular weight is 290 g/mol. The van der Waals surface area contributed by atoms with Gasteiger partial charge in [-0.15, -0.1) is 10.2 Å². The maximum atomic E-state index is 13.9. The van der Waals surface area contributed by atoms with Crippen molar-refractivity contribution in [3.8, 4) is 5.75 Å². The number of halogens is 1. The monoisotopic (exact) mass is 290 g/mol. The van der Waals surface area contributed by atoms with Gasteiger partial charge in [0.1, 0.15) is 11.6 Å². The van der Waals surface area contributed by atoms with Gasteiger partial charge in [0.15, 0.2) is 5.65 Å². The van der Waals surface area contributed by atoms with Crippen molar-refractivity contribution < 1.29 is 9.13 Å². The summed E-state index contributed by atoms with van der Waals surface area (Å²) in [6, 6.07) is 8.35.